The molecule has 0 bridgehead atoms. The van der Waals surface area contributed by atoms with Crippen LogP contribution in [0.2, 0.25) is 0 Å². The van der Waals surface area contributed by atoms with Crippen molar-refractivity contribution in [2.45, 2.75) is 57.6 Å². The molecule has 1 aromatic heterocycles. The van der Waals surface area contributed by atoms with Crippen molar-refractivity contribution in [2.75, 3.05) is 26.7 Å². The molecule has 4 heterocycles. The standard InChI is InChI=1S/C20H28N4O3/c1-20(2)15(10-17(25)27-20)19(26)24-9-6-16-14(12-24)11-21-18(22-16)13-4-7-23(3)8-5-13/h11,13,15H,4-10,12H2,1-3H3/t15-/m1/s1. The highest BCUT2D eigenvalue weighted by Crippen LogP contribution is 2.35. The molecule has 0 saturated carbocycles. The number of cyclic esters (lactones) is 1. The van der Waals surface area contributed by atoms with Crippen molar-refractivity contribution < 1.29 is 14.3 Å². The number of ether oxygens (including phenoxy) is 1. The van der Waals surface area contributed by atoms with Gasteiger partial charge in [0.15, 0.2) is 0 Å². The monoisotopic (exact) mass is 372 g/mol. The average molecular weight is 372 g/mol. The lowest BCUT2D eigenvalue weighted by atomic mass is 9.88. The second-order valence-electron chi connectivity index (χ2n) is 8.62. The number of esters is 1. The zero-order valence-corrected chi connectivity index (χ0v) is 16.4. The van der Waals surface area contributed by atoms with E-state index in [1.165, 1.54) is 0 Å². The molecule has 3 aliphatic rings. The summed E-state index contributed by atoms with van der Waals surface area (Å²) in [6.07, 6.45) is 5.01. The van der Waals surface area contributed by atoms with Gasteiger partial charge in [0, 0.05) is 37.2 Å². The normalized spacial score (nSPS) is 26.0. The van der Waals surface area contributed by atoms with Crippen LogP contribution in [0.4, 0.5) is 0 Å². The van der Waals surface area contributed by atoms with Crippen LogP contribution in [-0.2, 0) is 27.3 Å². The summed E-state index contributed by atoms with van der Waals surface area (Å²) in [4.78, 5) is 38.3. The van der Waals surface area contributed by atoms with Crippen LogP contribution in [-0.4, -0.2) is 63.9 Å². The number of hydrogen-bond donors (Lipinski definition) is 0. The van der Waals surface area contributed by atoms with E-state index in [0.29, 0.717) is 19.0 Å². The maximum Gasteiger partial charge on any atom is 0.307 e. The summed E-state index contributed by atoms with van der Waals surface area (Å²) in [6, 6.07) is 0. The first kappa shape index (κ1) is 18.3. The van der Waals surface area contributed by atoms with Gasteiger partial charge in [0.05, 0.1) is 18.0 Å². The molecule has 4 rings (SSSR count). The van der Waals surface area contributed by atoms with Crippen LogP contribution in [0.3, 0.4) is 0 Å². The van der Waals surface area contributed by atoms with E-state index < -0.39 is 11.5 Å². The molecule has 2 saturated heterocycles. The molecule has 1 amide bonds. The maximum absolute atomic E-state index is 13.0. The number of hydrogen-bond acceptors (Lipinski definition) is 6. The van der Waals surface area contributed by atoms with E-state index in [4.69, 9.17) is 9.72 Å². The Bertz CT molecular complexity index is 756. The number of aromatic nitrogens is 2. The third kappa shape index (κ3) is 3.57. The summed E-state index contributed by atoms with van der Waals surface area (Å²) in [7, 11) is 2.15. The minimum absolute atomic E-state index is 0.00380. The first-order valence-electron chi connectivity index (χ1n) is 9.87. The van der Waals surface area contributed by atoms with Gasteiger partial charge in [-0.15, -0.1) is 0 Å². The maximum atomic E-state index is 13.0. The minimum atomic E-state index is -0.733. The quantitative estimate of drug-likeness (QED) is 0.733. The molecule has 0 aromatic carbocycles. The predicted octanol–water partition coefficient (Wildman–Crippen LogP) is 1.51. The first-order chi connectivity index (χ1) is 12.8. The molecular formula is C20H28N4O3. The number of carbonyl (C=O) groups is 2. The Kier molecular flexibility index (Phi) is 4.66. The van der Waals surface area contributed by atoms with Gasteiger partial charge in [-0.25, -0.2) is 9.97 Å². The summed E-state index contributed by atoms with van der Waals surface area (Å²) in [5, 5.41) is 0. The summed E-state index contributed by atoms with van der Waals surface area (Å²) >= 11 is 0. The van der Waals surface area contributed by atoms with Crippen LogP contribution < -0.4 is 0 Å². The molecule has 0 aliphatic carbocycles. The SMILES string of the molecule is CN1CCC(c2ncc3c(n2)CCN(C(=O)[C@H]2CC(=O)OC2(C)C)C3)CC1. The van der Waals surface area contributed by atoms with Crippen molar-refractivity contribution in [1.29, 1.82) is 0 Å². The Morgan fingerprint density at radius 2 is 2.00 bits per heavy atom. The number of rotatable bonds is 2. The van der Waals surface area contributed by atoms with Gasteiger partial charge >= 0.3 is 5.97 Å². The molecule has 0 spiro atoms. The van der Waals surface area contributed by atoms with Gasteiger partial charge in [0.25, 0.3) is 0 Å². The fraction of sp³-hybridized carbons (Fsp3) is 0.700. The average Bonchev–Trinajstić information content (AvgIpc) is 2.93. The van der Waals surface area contributed by atoms with Crippen LogP contribution in [0.5, 0.6) is 0 Å². The van der Waals surface area contributed by atoms with Gasteiger partial charge in [0.2, 0.25) is 5.91 Å². The molecule has 0 unspecified atom stereocenters. The van der Waals surface area contributed by atoms with Crippen molar-refractivity contribution in [3.05, 3.63) is 23.3 Å². The second-order valence-corrected chi connectivity index (χ2v) is 8.62. The van der Waals surface area contributed by atoms with Crippen LogP contribution in [0.1, 0.15) is 56.1 Å². The zero-order chi connectivity index (χ0) is 19.2. The van der Waals surface area contributed by atoms with E-state index >= 15 is 0 Å². The zero-order valence-electron chi connectivity index (χ0n) is 16.4. The number of amides is 1. The Morgan fingerprint density at radius 1 is 1.26 bits per heavy atom. The molecular weight excluding hydrogens is 344 g/mol. The summed E-state index contributed by atoms with van der Waals surface area (Å²) in [6.45, 7) is 6.96. The third-order valence-corrected chi connectivity index (χ3v) is 6.23. The summed E-state index contributed by atoms with van der Waals surface area (Å²) in [5.41, 5.74) is 1.36. The fourth-order valence-electron chi connectivity index (χ4n) is 4.41. The fourth-order valence-corrected chi connectivity index (χ4v) is 4.41. The lowest BCUT2D eigenvalue weighted by Crippen LogP contribution is -2.45. The van der Waals surface area contributed by atoms with Gasteiger partial charge in [-0.2, -0.15) is 0 Å². The van der Waals surface area contributed by atoms with Gasteiger partial charge in [-0.1, -0.05) is 0 Å². The summed E-state index contributed by atoms with van der Waals surface area (Å²) < 4.78 is 5.32. The molecule has 0 N–H and O–H groups in total. The van der Waals surface area contributed by atoms with Crippen molar-refractivity contribution in [2.24, 2.45) is 5.92 Å². The topological polar surface area (TPSA) is 75.6 Å². The highest BCUT2D eigenvalue weighted by atomic mass is 16.6. The third-order valence-electron chi connectivity index (χ3n) is 6.23. The first-order valence-corrected chi connectivity index (χ1v) is 9.87. The molecule has 1 aromatic rings. The van der Waals surface area contributed by atoms with Crippen LogP contribution >= 0.6 is 0 Å². The van der Waals surface area contributed by atoms with E-state index in [2.05, 4.69) is 16.9 Å². The van der Waals surface area contributed by atoms with E-state index in [0.717, 1.165) is 49.4 Å². The van der Waals surface area contributed by atoms with Gasteiger partial charge in [-0.3, -0.25) is 9.59 Å². The van der Waals surface area contributed by atoms with Crippen LogP contribution in [0, 0.1) is 5.92 Å². The van der Waals surface area contributed by atoms with Crippen molar-refractivity contribution in [1.82, 2.24) is 19.8 Å². The highest BCUT2D eigenvalue weighted by Gasteiger charge is 2.47. The van der Waals surface area contributed by atoms with Crippen molar-refractivity contribution >= 4 is 11.9 Å². The smallest absolute Gasteiger partial charge is 0.307 e. The van der Waals surface area contributed by atoms with Crippen molar-refractivity contribution in [3.63, 3.8) is 0 Å². The molecule has 3 aliphatic heterocycles. The van der Waals surface area contributed by atoms with Crippen LogP contribution in [0.15, 0.2) is 6.20 Å². The lowest BCUT2D eigenvalue weighted by molar-refractivity contribution is -0.149. The number of nitrogens with zero attached hydrogens (tertiary/aromatic N) is 4. The Hall–Kier alpha value is -2.02. The number of carbonyl (C=O) groups excluding carboxylic acids is 2. The number of fused-ring (bicyclic) bond motifs is 1. The van der Waals surface area contributed by atoms with E-state index in [1.807, 2.05) is 24.9 Å². The number of likely N-dealkylation sites (tertiary alicyclic amines) is 1. The Morgan fingerprint density at radius 3 is 2.67 bits per heavy atom. The Labute approximate surface area is 160 Å². The van der Waals surface area contributed by atoms with Gasteiger partial charge < -0.3 is 14.5 Å². The molecule has 146 valence electrons. The van der Waals surface area contributed by atoms with Crippen molar-refractivity contribution in [3.8, 4) is 0 Å². The summed E-state index contributed by atoms with van der Waals surface area (Å²) in [5.74, 6) is 0.690. The molecule has 7 nitrogen and oxygen atoms in total. The van der Waals surface area contributed by atoms with E-state index in [-0.39, 0.29) is 18.3 Å². The van der Waals surface area contributed by atoms with Crippen LogP contribution in [0.25, 0.3) is 0 Å². The highest BCUT2D eigenvalue weighted by molar-refractivity contribution is 5.87. The van der Waals surface area contributed by atoms with Gasteiger partial charge in [-0.05, 0) is 46.8 Å². The lowest BCUT2D eigenvalue weighted by Gasteiger charge is -2.33. The molecule has 1 atom stereocenters. The number of piperidine rings is 1. The largest absolute Gasteiger partial charge is 0.459 e. The predicted molar refractivity (Wildman–Crippen MR) is 98.9 cm³/mol. The van der Waals surface area contributed by atoms with E-state index in [1.54, 1.807) is 0 Å². The molecule has 2 fully saturated rings. The van der Waals surface area contributed by atoms with E-state index in [9.17, 15) is 9.59 Å². The molecule has 0 radical (unpaired) electrons. The van der Waals surface area contributed by atoms with Gasteiger partial charge in [0.1, 0.15) is 11.4 Å². The minimum Gasteiger partial charge on any atom is -0.459 e. The molecule has 27 heavy (non-hydrogen) atoms. The second kappa shape index (κ2) is 6.86. The molecule has 7 heteroatoms. The Balaban J connectivity index is 1.46.